The van der Waals surface area contributed by atoms with Crippen molar-refractivity contribution in [3.8, 4) is 0 Å². The maximum Gasteiger partial charge on any atom is 0.248 e. The minimum absolute atomic E-state index is 0.329. The molecule has 0 heterocycles. The second-order valence-corrected chi connectivity index (χ2v) is 2.21. The van der Waals surface area contributed by atoms with Crippen LogP contribution in [0.15, 0.2) is 0 Å². The lowest BCUT2D eigenvalue weighted by molar-refractivity contribution is -0.129. The maximum absolute atomic E-state index is 10.8. The van der Waals surface area contributed by atoms with Crippen LogP contribution in [0.3, 0.4) is 0 Å². The van der Waals surface area contributed by atoms with Crippen LogP contribution in [-0.2, 0) is 9.53 Å². The summed E-state index contributed by atoms with van der Waals surface area (Å²) in [6.45, 7) is 2.68. The van der Waals surface area contributed by atoms with Gasteiger partial charge in [0, 0.05) is 13.7 Å². The van der Waals surface area contributed by atoms with Crippen LogP contribution in [0.5, 0.6) is 0 Å². The van der Waals surface area contributed by atoms with Gasteiger partial charge in [0.05, 0.1) is 6.61 Å². The van der Waals surface area contributed by atoms with Gasteiger partial charge in [0.1, 0.15) is 6.10 Å². The molecule has 0 saturated heterocycles. The molecule has 0 radical (unpaired) electrons. The molecule has 4 heteroatoms. The molecule has 0 aliphatic rings. The Morgan fingerprint density at radius 2 is 2.36 bits per heavy atom. The van der Waals surface area contributed by atoms with Crippen molar-refractivity contribution in [1.29, 1.82) is 0 Å². The van der Waals surface area contributed by atoms with Crippen LogP contribution in [0.4, 0.5) is 0 Å². The van der Waals surface area contributed by atoms with E-state index in [-0.39, 0.29) is 5.91 Å². The Morgan fingerprint density at radius 1 is 1.73 bits per heavy atom. The molecular weight excluding hydrogens is 146 g/mol. The molecule has 0 rings (SSSR count). The fraction of sp³-hybridized carbons (Fsp3) is 0.857. The molecule has 0 aliphatic carbocycles. The average molecular weight is 161 g/mol. The molecule has 0 aromatic carbocycles. The third kappa shape index (κ3) is 4.75. The largest absolute Gasteiger partial charge is 0.383 e. The van der Waals surface area contributed by atoms with Gasteiger partial charge in [0.15, 0.2) is 0 Å². The monoisotopic (exact) mass is 161 g/mol. The zero-order valence-corrected chi connectivity index (χ0v) is 6.96. The summed E-state index contributed by atoms with van der Waals surface area (Å²) < 4.78 is 4.71. The van der Waals surface area contributed by atoms with Crippen molar-refractivity contribution < 1.29 is 14.6 Å². The van der Waals surface area contributed by atoms with Gasteiger partial charge in [-0.1, -0.05) is 6.92 Å². The molecule has 0 aliphatic heterocycles. The highest BCUT2D eigenvalue weighted by Gasteiger charge is 2.10. The molecule has 1 atom stereocenters. The Bertz CT molecular complexity index is 116. The molecule has 0 spiro atoms. The minimum atomic E-state index is -0.883. The van der Waals surface area contributed by atoms with Gasteiger partial charge >= 0.3 is 0 Å². The molecule has 66 valence electrons. The van der Waals surface area contributed by atoms with Crippen molar-refractivity contribution in [2.75, 3.05) is 20.3 Å². The molecule has 0 saturated carbocycles. The first-order valence-electron chi connectivity index (χ1n) is 3.67. The van der Waals surface area contributed by atoms with E-state index in [9.17, 15) is 4.79 Å². The van der Waals surface area contributed by atoms with Gasteiger partial charge in [-0.15, -0.1) is 0 Å². The van der Waals surface area contributed by atoms with Gasteiger partial charge in [-0.3, -0.25) is 4.79 Å². The van der Waals surface area contributed by atoms with Gasteiger partial charge < -0.3 is 15.2 Å². The second kappa shape index (κ2) is 6.12. The summed E-state index contributed by atoms with van der Waals surface area (Å²) in [5.74, 6) is -0.329. The molecule has 0 fully saturated rings. The molecule has 0 aromatic heterocycles. The van der Waals surface area contributed by atoms with Crippen molar-refractivity contribution in [1.82, 2.24) is 5.32 Å². The van der Waals surface area contributed by atoms with E-state index < -0.39 is 6.10 Å². The van der Waals surface area contributed by atoms with E-state index in [2.05, 4.69) is 5.32 Å². The lowest BCUT2D eigenvalue weighted by Crippen LogP contribution is -2.35. The van der Waals surface area contributed by atoms with Crippen molar-refractivity contribution in [3.63, 3.8) is 0 Å². The predicted molar refractivity (Wildman–Crippen MR) is 41.2 cm³/mol. The van der Waals surface area contributed by atoms with E-state index in [0.29, 0.717) is 19.6 Å². The van der Waals surface area contributed by atoms with Crippen LogP contribution in [0.25, 0.3) is 0 Å². The number of aliphatic hydroxyl groups is 1. The topological polar surface area (TPSA) is 58.6 Å². The number of aliphatic hydroxyl groups excluding tert-OH is 1. The number of carbonyl (C=O) groups is 1. The molecule has 2 N–H and O–H groups in total. The maximum atomic E-state index is 10.8. The number of nitrogens with one attached hydrogen (secondary N) is 1. The van der Waals surface area contributed by atoms with E-state index >= 15 is 0 Å². The van der Waals surface area contributed by atoms with Gasteiger partial charge in [0.2, 0.25) is 5.91 Å². The Labute approximate surface area is 66.5 Å². The van der Waals surface area contributed by atoms with Crippen molar-refractivity contribution in [3.05, 3.63) is 0 Å². The minimum Gasteiger partial charge on any atom is -0.383 e. The number of hydrogen-bond donors (Lipinski definition) is 2. The van der Waals surface area contributed by atoms with Crippen molar-refractivity contribution in [2.45, 2.75) is 19.4 Å². The third-order valence-electron chi connectivity index (χ3n) is 1.29. The van der Waals surface area contributed by atoms with Crippen LogP contribution >= 0.6 is 0 Å². The number of methoxy groups -OCH3 is 1. The fourth-order valence-electron chi connectivity index (χ4n) is 0.580. The van der Waals surface area contributed by atoms with Crippen LogP contribution in [0, 0.1) is 0 Å². The summed E-state index contributed by atoms with van der Waals surface area (Å²) in [5.41, 5.74) is 0. The lowest BCUT2D eigenvalue weighted by atomic mass is 10.2. The Hall–Kier alpha value is -0.610. The molecule has 4 nitrogen and oxygen atoms in total. The molecule has 11 heavy (non-hydrogen) atoms. The number of carbonyl (C=O) groups excluding carboxylic acids is 1. The highest BCUT2D eigenvalue weighted by molar-refractivity contribution is 5.80. The van der Waals surface area contributed by atoms with Gasteiger partial charge in [-0.25, -0.2) is 0 Å². The normalized spacial score (nSPS) is 12.6. The molecule has 0 aromatic rings. The Morgan fingerprint density at radius 3 is 2.82 bits per heavy atom. The van der Waals surface area contributed by atoms with E-state index in [1.165, 1.54) is 0 Å². The van der Waals surface area contributed by atoms with Crippen LogP contribution in [-0.4, -0.2) is 37.4 Å². The first-order valence-corrected chi connectivity index (χ1v) is 3.67. The quantitative estimate of drug-likeness (QED) is 0.535. The van der Waals surface area contributed by atoms with Crippen LogP contribution < -0.4 is 5.32 Å². The first kappa shape index (κ1) is 10.4. The highest BCUT2D eigenvalue weighted by Crippen LogP contribution is 1.87. The smallest absolute Gasteiger partial charge is 0.248 e. The van der Waals surface area contributed by atoms with Crippen molar-refractivity contribution >= 4 is 5.91 Å². The number of ether oxygens (including phenoxy) is 1. The second-order valence-electron chi connectivity index (χ2n) is 2.21. The summed E-state index contributed by atoms with van der Waals surface area (Å²) in [6, 6.07) is 0. The van der Waals surface area contributed by atoms with Crippen LogP contribution in [0.2, 0.25) is 0 Å². The summed E-state index contributed by atoms with van der Waals surface area (Å²) in [5, 5.41) is 11.5. The van der Waals surface area contributed by atoms with E-state index in [4.69, 9.17) is 9.84 Å². The number of amides is 1. The summed E-state index contributed by atoms with van der Waals surface area (Å²) in [7, 11) is 1.56. The predicted octanol–water partition coefficient (Wildman–Crippen LogP) is -0.480. The van der Waals surface area contributed by atoms with Crippen LogP contribution in [0.1, 0.15) is 13.3 Å². The highest BCUT2D eigenvalue weighted by atomic mass is 16.5. The Kier molecular flexibility index (Phi) is 5.78. The standard InChI is InChI=1S/C7H15NO3/c1-3-6(9)7(10)8-4-5-11-2/h6,9H,3-5H2,1-2H3,(H,8,10)/t6-/m0/s1. The van der Waals surface area contributed by atoms with Gasteiger partial charge in [-0.05, 0) is 6.42 Å². The molecule has 0 unspecified atom stereocenters. The summed E-state index contributed by atoms with van der Waals surface area (Å²) in [6.07, 6.45) is -0.439. The molecular formula is C7H15NO3. The summed E-state index contributed by atoms with van der Waals surface area (Å²) in [4.78, 5) is 10.8. The average Bonchev–Trinajstić information content (AvgIpc) is 2.03. The Balaban J connectivity index is 3.36. The molecule has 0 bridgehead atoms. The van der Waals surface area contributed by atoms with E-state index in [1.54, 1.807) is 14.0 Å². The van der Waals surface area contributed by atoms with Crippen molar-refractivity contribution in [2.24, 2.45) is 0 Å². The zero-order chi connectivity index (χ0) is 8.69. The van der Waals surface area contributed by atoms with E-state index in [0.717, 1.165) is 0 Å². The van der Waals surface area contributed by atoms with Gasteiger partial charge in [-0.2, -0.15) is 0 Å². The summed E-state index contributed by atoms with van der Waals surface area (Å²) >= 11 is 0. The SMILES string of the molecule is CC[C@H](O)C(=O)NCCOC. The first-order chi connectivity index (χ1) is 5.22. The third-order valence-corrected chi connectivity index (χ3v) is 1.29. The van der Waals surface area contributed by atoms with E-state index in [1.807, 2.05) is 0 Å². The fourth-order valence-corrected chi connectivity index (χ4v) is 0.580. The van der Waals surface area contributed by atoms with Gasteiger partial charge in [0.25, 0.3) is 0 Å². The number of hydrogen-bond acceptors (Lipinski definition) is 3. The lowest BCUT2D eigenvalue weighted by Gasteiger charge is -2.07. The zero-order valence-electron chi connectivity index (χ0n) is 6.96. The number of rotatable bonds is 5. The molecule has 1 amide bonds.